The fraction of sp³-hybridized carbons (Fsp3) is 0.594. The predicted octanol–water partition coefficient (Wildman–Crippen LogP) is 8.93. The van der Waals surface area contributed by atoms with Crippen molar-refractivity contribution < 1.29 is 14.3 Å². The van der Waals surface area contributed by atoms with Gasteiger partial charge in [-0.1, -0.05) is 93.5 Å². The van der Waals surface area contributed by atoms with Gasteiger partial charge in [0, 0.05) is 5.41 Å². The van der Waals surface area contributed by atoms with Crippen LogP contribution in [0, 0.1) is 29.6 Å². The van der Waals surface area contributed by atoms with E-state index < -0.39 is 0 Å². The third-order valence-electron chi connectivity index (χ3n) is 7.57. The molecule has 0 radical (unpaired) electrons. The van der Waals surface area contributed by atoms with Crippen LogP contribution < -0.4 is 9.47 Å². The number of rotatable bonds is 6. The molecule has 3 rings (SSSR count). The summed E-state index contributed by atoms with van der Waals surface area (Å²) in [5.41, 5.74) is 2.51. The quantitative estimate of drug-likeness (QED) is 0.304. The molecule has 2 aromatic rings. The van der Waals surface area contributed by atoms with E-state index in [9.17, 15) is 4.79 Å². The van der Waals surface area contributed by atoms with Gasteiger partial charge in [-0.2, -0.15) is 0 Å². The largest absolute Gasteiger partial charge is 0.491 e. The van der Waals surface area contributed by atoms with Gasteiger partial charge in [-0.15, -0.1) is 0 Å². The maximum absolute atomic E-state index is 12.0. The van der Waals surface area contributed by atoms with Crippen molar-refractivity contribution in [3.8, 4) is 11.5 Å². The minimum Gasteiger partial charge on any atom is -0.491 e. The van der Waals surface area contributed by atoms with Crippen LogP contribution in [0.1, 0.15) is 94.2 Å². The summed E-state index contributed by atoms with van der Waals surface area (Å²) in [4.78, 5) is 12.0. The van der Waals surface area contributed by atoms with Crippen molar-refractivity contribution in [1.82, 2.24) is 0 Å². The van der Waals surface area contributed by atoms with E-state index in [0.29, 0.717) is 29.4 Å². The van der Waals surface area contributed by atoms with Crippen LogP contribution in [-0.2, 0) is 10.2 Å². The summed E-state index contributed by atoms with van der Waals surface area (Å²) in [5, 5.41) is 0. The van der Waals surface area contributed by atoms with Crippen LogP contribution in [0.5, 0.6) is 11.5 Å². The lowest BCUT2D eigenvalue weighted by Crippen LogP contribution is -2.37. The molecule has 35 heavy (non-hydrogen) atoms. The fourth-order valence-corrected chi connectivity index (χ4v) is 5.49. The lowest BCUT2D eigenvalue weighted by molar-refractivity contribution is -0.137. The third-order valence-corrected chi connectivity index (χ3v) is 7.57. The SMILES string of the molecule is CC.CC.CC(C)Oc1ccc(C2(c3ccc(OC(=O)C(C)C)cc3)C(C)C(C)C(C)C2C)cc1. The first kappa shape index (κ1) is 30.7. The Balaban J connectivity index is 0.00000145. The highest BCUT2D eigenvalue weighted by Crippen LogP contribution is 2.58. The van der Waals surface area contributed by atoms with E-state index in [1.165, 1.54) is 11.1 Å². The van der Waals surface area contributed by atoms with Crippen molar-refractivity contribution in [3.05, 3.63) is 59.7 Å². The zero-order valence-electron chi connectivity index (χ0n) is 24.3. The Labute approximate surface area is 215 Å². The number of carbonyl (C=O) groups excluding carboxylic acids is 1. The Morgan fingerprint density at radius 2 is 1.06 bits per heavy atom. The van der Waals surface area contributed by atoms with Gasteiger partial charge in [0.25, 0.3) is 0 Å². The number of carbonyl (C=O) groups is 1. The third kappa shape index (κ3) is 6.48. The van der Waals surface area contributed by atoms with E-state index in [-0.39, 0.29) is 23.4 Å². The molecule has 1 aliphatic rings. The van der Waals surface area contributed by atoms with E-state index in [2.05, 4.69) is 64.1 Å². The van der Waals surface area contributed by atoms with Crippen LogP contribution in [0.3, 0.4) is 0 Å². The van der Waals surface area contributed by atoms with Crippen molar-refractivity contribution in [3.63, 3.8) is 0 Å². The first-order valence-electron chi connectivity index (χ1n) is 13.7. The molecule has 0 spiro atoms. The second kappa shape index (κ2) is 13.7. The molecule has 4 atom stereocenters. The lowest BCUT2D eigenvalue weighted by Gasteiger charge is -2.40. The molecule has 1 fully saturated rings. The maximum Gasteiger partial charge on any atom is 0.313 e. The molecule has 4 unspecified atom stereocenters. The van der Waals surface area contributed by atoms with Gasteiger partial charge >= 0.3 is 5.97 Å². The Bertz CT molecular complexity index is 866. The molecule has 1 saturated carbocycles. The molecule has 0 saturated heterocycles. The second-order valence-electron chi connectivity index (χ2n) is 9.96. The topological polar surface area (TPSA) is 35.5 Å². The van der Waals surface area contributed by atoms with Crippen molar-refractivity contribution in [1.29, 1.82) is 0 Å². The summed E-state index contributed by atoms with van der Waals surface area (Å²) in [6.45, 7) is 25.3. The average molecular weight is 483 g/mol. The molecule has 0 bridgehead atoms. The van der Waals surface area contributed by atoms with E-state index in [1.54, 1.807) is 0 Å². The Morgan fingerprint density at radius 3 is 1.40 bits per heavy atom. The molecule has 0 aliphatic heterocycles. The summed E-state index contributed by atoms with van der Waals surface area (Å²) < 4.78 is 11.4. The second-order valence-corrected chi connectivity index (χ2v) is 9.96. The fourth-order valence-electron chi connectivity index (χ4n) is 5.49. The molecule has 0 N–H and O–H groups in total. The molecule has 0 amide bonds. The van der Waals surface area contributed by atoms with Gasteiger partial charge in [0.1, 0.15) is 11.5 Å². The predicted molar refractivity (Wildman–Crippen MR) is 149 cm³/mol. The molecular weight excluding hydrogens is 432 g/mol. The van der Waals surface area contributed by atoms with Crippen molar-refractivity contribution in [2.45, 2.75) is 94.6 Å². The van der Waals surface area contributed by atoms with Crippen LogP contribution in [0.15, 0.2) is 48.5 Å². The molecule has 3 nitrogen and oxygen atoms in total. The molecule has 1 aliphatic carbocycles. The molecule has 0 aromatic heterocycles. The van der Waals surface area contributed by atoms with Gasteiger partial charge in [0.2, 0.25) is 0 Å². The highest BCUT2D eigenvalue weighted by atomic mass is 16.5. The van der Waals surface area contributed by atoms with Crippen LogP contribution in [0.25, 0.3) is 0 Å². The lowest BCUT2D eigenvalue weighted by atomic mass is 9.63. The number of esters is 1. The van der Waals surface area contributed by atoms with E-state index in [4.69, 9.17) is 9.47 Å². The summed E-state index contributed by atoms with van der Waals surface area (Å²) in [7, 11) is 0. The monoisotopic (exact) mass is 482 g/mol. The molecule has 196 valence electrons. The number of benzene rings is 2. The maximum atomic E-state index is 12.0. The average Bonchev–Trinajstić information content (AvgIpc) is 3.03. The number of hydrogen-bond donors (Lipinski definition) is 0. The minimum absolute atomic E-state index is 0.101. The summed E-state index contributed by atoms with van der Waals surface area (Å²) in [6, 6.07) is 16.9. The van der Waals surface area contributed by atoms with Crippen LogP contribution in [0.4, 0.5) is 0 Å². The van der Waals surface area contributed by atoms with E-state index >= 15 is 0 Å². The Kier molecular flexibility index (Phi) is 12.0. The summed E-state index contributed by atoms with van der Waals surface area (Å²) in [6.07, 6.45) is 0.158. The first-order chi connectivity index (χ1) is 16.6. The smallest absolute Gasteiger partial charge is 0.313 e. The highest BCUT2D eigenvalue weighted by molar-refractivity contribution is 5.74. The van der Waals surface area contributed by atoms with Gasteiger partial charge in [0.15, 0.2) is 0 Å². The van der Waals surface area contributed by atoms with Crippen molar-refractivity contribution in [2.24, 2.45) is 29.6 Å². The molecule has 2 aromatic carbocycles. The van der Waals surface area contributed by atoms with Crippen LogP contribution in [-0.4, -0.2) is 12.1 Å². The first-order valence-corrected chi connectivity index (χ1v) is 13.7. The molecule has 0 heterocycles. The van der Waals surface area contributed by atoms with E-state index in [0.717, 1.165) is 5.75 Å². The molecule has 3 heteroatoms. The highest BCUT2D eigenvalue weighted by Gasteiger charge is 2.55. The zero-order chi connectivity index (χ0) is 26.9. The van der Waals surface area contributed by atoms with Gasteiger partial charge in [-0.05, 0) is 72.9 Å². The van der Waals surface area contributed by atoms with Gasteiger partial charge < -0.3 is 9.47 Å². The number of ether oxygens (including phenoxy) is 2. The van der Waals surface area contributed by atoms with Crippen LogP contribution in [0.2, 0.25) is 0 Å². The Morgan fingerprint density at radius 1 is 0.686 bits per heavy atom. The minimum atomic E-state index is -0.201. The summed E-state index contributed by atoms with van der Waals surface area (Å²) in [5.74, 6) is 3.31. The Hall–Kier alpha value is -2.29. The van der Waals surface area contributed by atoms with Crippen LogP contribution >= 0.6 is 0 Å². The van der Waals surface area contributed by atoms with Gasteiger partial charge in [0.05, 0.1) is 12.0 Å². The van der Waals surface area contributed by atoms with E-state index in [1.807, 2.05) is 67.5 Å². The zero-order valence-corrected chi connectivity index (χ0v) is 24.3. The summed E-state index contributed by atoms with van der Waals surface area (Å²) >= 11 is 0. The standard InChI is InChI=1S/C28H38O3.2C2H6/c1-17(2)27(29)31-26-15-11-24(12-16-26)28(21(7)19(5)20(6)22(28)8)23-9-13-25(14-10-23)30-18(3)4;2*1-2/h9-22H,1-8H3;2*1-2H3. The molecular formula is C32H50O3. The number of hydrogen-bond acceptors (Lipinski definition) is 3. The van der Waals surface area contributed by atoms with Gasteiger partial charge in [-0.3, -0.25) is 4.79 Å². The van der Waals surface area contributed by atoms with Gasteiger partial charge in [-0.25, -0.2) is 0 Å². The normalized spacial score (nSPS) is 25.3. The van der Waals surface area contributed by atoms with Crippen molar-refractivity contribution >= 4 is 5.97 Å². The van der Waals surface area contributed by atoms with Crippen molar-refractivity contribution in [2.75, 3.05) is 0 Å².